The van der Waals surface area contributed by atoms with E-state index in [9.17, 15) is 0 Å². The molecule has 186 valence electrons. The lowest BCUT2D eigenvalue weighted by atomic mass is 10.1. The van der Waals surface area contributed by atoms with E-state index < -0.39 is 0 Å². The maximum Gasteiger partial charge on any atom is 0.0357 e. The summed E-state index contributed by atoms with van der Waals surface area (Å²) < 4.78 is 2.33. The van der Waals surface area contributed by atoms with Gasteiger partial charge in [-0.3, -0.25) is 0 Å². The quantitative estimate of drug-likeness (QED) is 0.139. The van der Waals surface area contributed by atoms with Gasteiger partial charge in [-0.2, -0.15) is 0 Å². The summed E-state index contributed by atoms with van der Waals surface area (Å²) in [6.07, 6.45) is 18.7. The van der Waals surface area contributed by atoms with Gasteiger partial charge in [0.05, 0.1) is 0 Å². The van der Waals surface area contributed by atoms with E-state index in [0.29, 0.717) is 0 Å². The first-order valence-electron chi connectivity index (χ1n) is 13.3. The minimum Gasteiger partial charge on any atom is -0.140 e. The Morgan fingerprint density at radius 1 is 0.529 bits per heavy atom. The van der Waals surface area contributed by atoms with Gasteiger partial charge in [-0.05, 0) is 62.1 Å². The van der Waals surface area contributed by atoms with E-state index in [-0.39, 0.29) is 0 Å². The Labute approximate surface area is 232 Å². The van der Waals surface area contributed by atoms with E-state index in [1.54, 1.807) is 0 Å². The normalized spacial score (nSPS) is 11.4. The Balaban J connectivity index is 1.61. The molecule has 0 bridgehead atoms. The van der Waals surface area contributed by atoms with Crippen molar-refractivity contribution in [2.24, 2.45) is 0 Å². The van der Waals surface area contributed by atoms with Gasteiger partial charge < -0.3 is 0 Å². The monoisotopic (exact) mass is 622 g/mol. The van der Waals surface area contributed by atoms with E-state index in [1.807, 2.05) is 22.7 Å². The standard InChI is InChI=1S/C30H40Br2S2/c1-3-5-7-9-11-13-15-23-17-19-29(33-23)25-21-26(28(32)22-27(25)31)30-20-18-24(34-30)16-14-12-10-8-6-4-2/h17-22H,3-16H2,1-2H3. The second-order valence-corrected chi connectivity index (χ2v) is 13.4. The maximum absolute atomic E-state index is 3.83. The number of hydrogen-bond donors (Lipinski definition) is 0. The summed E-state index contributed by atoms with van der Waals surface area (Å²) in [6, 6.07) is 13.9. The molecule has 0 aliphatic carbocycles. The van der Waals surface area contributed by atoms with E-state index in [2.05, 4.69) is 82.1 Å². The van der Waals surface area contributed by atoms with Gasteiger partial charge in [-0.1, -0.05) is 110 Å². The summed E-state index contributed by atoms with van der Waals surface area (Å²) in [6.45, 7) is 4.57. The molecule has 0 N–H and O–H groups in total. The highest BCUT2D eigenvalue weighted by molar-refractivity contribution is 9.11. The summed E-state index contributed by atoms with van der Waals surface area (Å²) in [5, 5.41) is 0. The molecular weight excluding hydrogens is 584 g/mol. The summed E-state index contributed by atoms with van der Waals surface area (Å²) in [7, 11) is 0. The SMILES string of the molecule is CCCCCCCCc1ccc(-c2cc(-c3ccc(CCCCCCCC)s3)c(Br)cc2Br)s1. The van der Waals surface area contributed by atoms with Gasteiger partial charge in [-0.25, -0.2) is 0 Å². The Kier molecular flexibility index (Phi) is 13.0. The maximum atomic E-state index is 3.83. The van der Waals surface area contributed by atoms with Crippen LogP contribution in [0, 0.1) is 0 Å². The summed E-state index contributed by atoms with van der Waals surface area (Å²) in [5.74, 6) is 0. The second-order valence-electron chi connectivity index (χ2n) is 9.38. The Bertz CT molecular complexity index is 910. The molecule has 3 aromatic rings. The summed E-state index contributed by atoms with van der Waals surface area (Å²) in [5.41, 5.74) is 2.62. The van der Waals surface area contributed by atoms with Crippen LogP contribution in [0.2, 0.25) is 0 Å². The molecule has 4 heteroatoms. The van der Waals surface area contributed by atoms with Gasteiger partial charge in [0.1, 0.15) is 0 Å². The highest BCUT2D eigenvalue weighted by atomic mass is 79.9. The van der Waals surface area contributed by atoms with Crippen LogP contribution < -0.4 is 0 Å². The molecule has 0 saturated heterocycles. The van der Waals surface area contributed by atoms with Gasteiger partial charge in [0.2, 0.25) is 0 Å². The lowest BCUT2D eigenvalue weighted by molar-refractivity contribution is 0.609. The summed E-state index contributed by atoms with van der Waals surface area (Å²) >= 11 is 11.6. The fourth-order valence-corrected chi connectivity index (χ4v) is 8.24. The molecule has 0 saturated carbocycles. The van der Waals surface area contributed by atoms with Crippen LogP contribution in [0.5, 0.6) is 0 Å². The molecule has 34 heavy (non-hydrogen) atoms. The van der Waals surface area contributed by atoms with Crippen molar-refractivity contribution in [2.75, 3.05) is 0 Å². The fourth-order valence-electron chi connectivity index (χ4n) is 4.40. The molecule has 0 aliphatic rings. The van der Waals surface area contributed by atoms with Crippen LogP contribution >= 0.6 is 54.5 Å². The van der Waals surface area contributed by atoms with Gasteiger partial charge in [-0.15, -0.1) is 22.7 Å². The Hall–Kier alpha value is -0.420. The molecule has 0 fully saturated rings. The molecule has 0 spiro atoms. The Morgan fingerprint density at radius 3 is 1.38 bits per heavy atom. The fraction of sp³-hybridized carbons (Fsp3) is 0.533. The Morgan fingerprint density at radius 2 is 0.941 bits per heavy atom. The van der Waals surface area contributed by atoms with Crippen LogP contribution in [0.1, 0.15) is 101 Å². The van der Waals surface area contributed by atoms with E-state index in [1.165, 1.54) is 129 Å². The van der Waals surface area contributed by atoms with Crippen molar-refractivity contribution in [3.8, 4) is 20.9 Å². The van der Waals surface area contributed by atoms with Crippen molar-refractivity contribution in [3.05, 3.63) is 55.1 Å². The topological polar surface area (TPSA) is 0 Å². The predicted octanol–water partition coefficient (Wildman–Crippen LogP) is 12.5. The third-order valence-corrected chi connectivity index (χ3v) is 10.1. The first-order valence-corrected chi connectivity index (χ1v) is 16.5. The van der Waals surface area contributed by atoms with Crippen molar-refractivity contribution >= 4 is 54.5 Å². The molecule has 0 unspecified atom stereocenters. The van der Waals surface area contributed by atoms with Crippen molar-refractivity contribution in [1.29, 1.82) is 0 Å². The zero-order valence-electron chi connectivity index (χ0n) is 20.9. The number of thiophene rings is 2. The molecule has 2 heterocycles. The van der Waals surface area contributed by atoms with Gasteiger partial charge in [0, 0.05) is 39.6 Å². The predicted molar refractivity (Wildman–Crippen MR) is 163 cm³/mol. The minimum atomic E-state index is 1.17. The molecule has 2 aromatic heterocycles. The van der Waals surface area contributed by atoms with Crippen LogP contribution in [-0.2, 0) is 12.8 Å². The first kappa shape index (κ1) is 28.2. The molecule has 0 amide bonds. The second kappa shape index (κ2) is 15.6. The van der Waals surface area contributed by atoms with Crippen molar-refractivity contribution in [2.45, 2.75) is 104 Å². The van der Waals surface area contributed by atoms with Crippen molar-refractivity contribution in [1.82, 2.24) is 0 Å². The van der Waals surface area contributed by atoms with Gasteiger partial charge in [0.15, 0.2) is 0 Å². The van der Waals surface area contributed by atoms with Gasteiger partial charge in [0.25, 0.3) is 0 Å². The first-order chi connectivity index (χ1) is 16.6. The number of unbranched alkanes of at least 4 members (excludes halogenated alkanes) is 10. The average molecular weight is 625 g/mol. The third kappa shape index (κ3) is 8.91. The zero-order valence-corrected chi connectivity index (χ0v) is 25.7. The lowest BCUT2D eigenvalue weighted by Gasteiger charge is -2.08. The zero-order chi connectivity index (χ0) is 24.2. The third-order valence-electron chi connectivity index (χ3n) is 6.46. The van der Waals surface area contributed by atoms with Gasteiger partial charge >= 0.3 is 0 Å². The summed E-state index contributed by atoms with van der Waals surface area (Å²) in [4.78, 5) is 5.76. The molecule has 1 aromatic carbocycles. The van der Waals surface area contributed by atoms with Crippen LogP contribution in [0.3, 0.4) is 0 Å². The van der Waals surface area contributed by atoms with E-state index in [0.717, 1.165) is 0 Å². The number of halogens is 2. The molecule has 3 rings (SSSR count). The van der Waals surface area contributed by atoms with Crippen molar-refractivity contribution in [3.63, 3.8) is 0 Å². The number of rotatable bonds is 16. The smallest absolute Gasteiger partial charge is 0.0357 e. The van der Waals surface area contributed by atoms with E-state index in [4.69, 9.17) is 0 Å². The highest BCUT2D eigenvalue weighted by Crippen LogP contribution is 2.42. The van der Waals surface area contributed by atoms with Crippen LogP contribution in [0.15, 0.2) is 45.3 Å². The average Bonchev–Trinajstić information content (AvgIpc) is 3.48. The molecule has 0 aliphatic heterocycles. The lowest BCUT2D eigenvalue weighted by Crippen LogP contribution is -1.83. The number of aryl methyl sites for hydroxylation is 2. The highest BCUT2D eigenvalue weighted by Gasteiger charge is 2.14. The van der Waals surface area contributed by atoms with Crippen molar-refractivity contribution < 1.29 is 0 Å². The van der Waals surface area contributed by atoms with Crippen LogP contribution in [0.4, 0.5) is 0 Å². The number of hydrogen-bond acceptors (Lipinski definition) is 2. The molecule has 0 atom stereocenters. The molecular formula is C30H40Br2S2. The largest absolute Gasteiger partial charge is 0.140 e. The van der Waals surface area contributed by atoms with Crippen LogP contribution in [-0.4, -0.2) is 0 Å². The van der Waals surface area contributed by atoms with E-state index >= 15 is 0 Å². The molecule has 0 nitrogen and oxygen atoms in total. The number of benzene rings is 1. The minimum absolute atomic E-state index is 1.17. The van der Waals surface area contributed by atoms with Crippen LogP contribution in [0.25, 0.3) is 20.9 Å². The molecule has 0 radical (unpaired) electrons.